The predicted octanol–water partition coefficient (Wildman–Crippen LogP) is 4.34. The average molecular weight is 468 g/mol. The summed E-state index contributed by atoms with van der Waals surface area (Å²) in [6.45, 7) is 0. The van der Waals surface area contributed by atoms with Crippen LogP contribution in [0.2, 0.25) is 0 Å². The van der Waals surface area contributed by atoms with Crippen LogP contribution in [0.3, 0.4) is 0 Å². The van der Waals surface area contributed by atoms with E-state index in [0.29, 0.717) is 15.6 Å². The normalized spacial score (nSPS) is 10.6. The molecule has 3 rings (SSSR count). The summed E-state index contributed by atoms with van der Waals surface area (Å²) in [5.74, 6) is -0.901. The summed E-state index contributed by atoms with van der Waals surface area (Å²) in [6.07, 6.45) is 1.31. The Morgan fingerprint density at radius 3 is 2.47 bits per heavy atom. The van der Waals surface area contributed by atoms with Crippen molar-refractivity contribution in [3.05, 3.63) is 104 Å². The SMILES string of the molecule is O=C(N/N=C\c1cc(Br)ccc1OC(=O)c1ccccc1)c1cccc([N+](=O)[O-])c1. The van der Waals surface area contributed by atoms with E-state index >= 15 is 0 Å². The van der Waals surface area contributed by atoms with Crippen molar-refractivity contribution in [2.75, 3.05) is 0 Å². The van der Waals surface area contributed by atoms with Gasteiger partial charge >= 0.3 is 5.97 Å². The Hall–Kier alpha value is -3.85. The predicted molar refractivity (Wildman–Crippen MR) is 114 cm³/mol. The molecule has 0 aliphatic heterocycles. The highest BCUT2D eigenvalue weighted by atomic mass is 79.9. The molecule has 0 saturated heterocycles. The van der Waals surface area contributed by atoms with Gasteiger partial charge in [-0.3, -0.25) is 14.9 Å². The Labute approximate surface area is 179 Å². The molecule has 0 fully saturated rings. The lowest BCUT2D eigenvalue weighted by Gasteiger charge is -2.08. The number of esters is 1. The van der Waals surface area contributed by atoms with E-state index in [4.69, 9.17) is 4.74 Å². The molecule has 3 aromatic rings. The van der Waals surface area contributed by atoms with Crippen molar-refractivity contribution in [1.29, 1.82) is 0 Å². The van der Waals surface area contributed by atoms with Crippen LogP contribution in [0.15, 0.2) is 82.4 Å². The molecule has 9 heteroatoms. The molecule has 0 unspecified atom stereocenters. The molecule has 0 aliphatic carbocycles. The third-order valence-corrected chi connectivity index (χ3v) is 4.37. The molecule has 0 aliphatic rings. The molecule has 0 spiro atoms. The molecule has 0 bridgehead atoms. The number of amides is 1. The molecule has 8 nitrogen and oxygen atoms in total. The minimum atomic E-state index is -0.618. The van der Waals surface area contributed by atoms with Crippen LogP contribution in [0, 0.1) is 10.1 Å². The van der Waals surface area contributed by atoms with Crippen molar-refractivity contribution in [2.45, 2.75) is 0 Å². The van der Waals surface area contributed by atoms with E-state index in [0.717, 1.165) is 6.07 Å². The number of halogens is 1. The summed E-state index contributed by atoms with van der Waals surface area (Å²) >= 11 is 3.33. The summed E-state index contributed by atoms with van der Waals surface area (Å²) in [7, 11) is 0. The van der Waals surface area contributed by atoms with Crippen LogP contribution < -0.4 is 10.2 Å². The van der Waals surface area contributed by atoms with Gasteiger partial charge in [0.15, 0.2) is 0 Å². The number of non-ortho nitro benzene ring substituents is 1. The van der Waals surface area contributed by atoms with Gasteiger partial charge in [0, 0.05) is 27.7 Å². The third kappa shape index (κ3) is 5.36. The van der Waals surface area contributed by atoms with Crippen molar-refractivity contribution >= 4 is 39.7 Å². The second-order valence-corrected chi connectivity index (χ2v) is 6.86. The van der Waals surface area contributed by atoms with Crippen LogP contribution in [0.5, 0.6) is 5.75 Å². The Morgan fingerprint density at radius 1 is 1.00 bits per heavy atom. The number of hydrogen-bond donors (Lipinski definition) is 1. The van der Waals surface area contributed by atoms with E-state index in [1.807, 2.05) is 0 Å². The second kappa shape index (κ2) is 9.57. The van der Waals surface area contributed by atoms with Gasteiger partial charge in [-0.1, -0.05) is 40.2 Å². The zero-order valence-electron chi connectivity index (χ0n) is 15.3. The number of hydrogen-bond acceptors (Lipinski definition) is 6. The number of carbonyl (C=O) groups excluding carboxylic acids is 2. The molecule has 0 heterocycles. The summed E-state index contributed by atoms with van der Waals surface area (Å²) in [4.78, 5) is 34.7. The van der Waals surface area contributed by atoms with Gasteiger partial charge in [-0.2, -0.15) is 5.10 Å². The Kier molecular flexibility index (Phi) is 6.66. The highest BCUT2D eigenvalue weighted by molar-refractivity contribution is 9.10. The van der Waals surface area contributed by atoms with Gasteiger partial charge in [-0.25, -0.2) is 10.2 Å². The van der Waals surface area contributed by atoms with Gasteiger partial charge in [0.1, 0.15) is 5.75 Å². The number of carbonyl (C=O) groups is 2. The third-order valence-electron chi connectivity index (χ3n) is 3.87. The van der Waals surface area contributed by atoms with Crippen molar-refractivity contribution in [3.63, 3.8) is 0 Å². The van der Waals surface area contributed by atoms with Crippen molar-refractivity contribution < 1.29 is 19.2 Å². The summed E-state index contributed by atoms with van der Waals surface area (Å²) in [5.41, 5.74) is 3.02. The highest BCUT2D eigenvalue weighted by Gasteiger charge is 2.12. The van der Waals surface area contributed by atoms with Crippen LogP contribution in [0.1, 0.15) is 26.3 Å². The minimum Gasteiger partial charge on any atom is -0.422 e. The van der Waals surface area contributed by atoms with E-state index in [1.165, 1.54) is 24.4 Å². The topological polar surface area (TPSA) is 111 Å². The first-order chi connectivity index (χ1) is 14.4. The zero-order chi connectivity index (χ0) is 21.5. The molecular formula is C21H14BrN3O5. The van der Waals surface area contributed by atoms with Crippen LogP contribution >= 0.6 is 15.9 Å². The lowest BCUT2D eigenvalue weighted by atomic mass is 10.2. The fourth-order valence-electron chi connectivity index (χ4n) is 2.43. The Balaban J connectivity index is 1.74. The van der Waals surface area contributed by atoms with Gasteiger partial charge in [0.25, 0.3) is 11.6 Å². The second-order valence-electron chi connectivity index (χ2n) is 5.94. The molecule has 0 saturated carbocycles. The van der Waals surface area contributed by atoms with E-state index in [-0.39, 0.29) is 17.0 Å². The van der Waals surface area contributed by atoms with Crippen LogP contribution in [0.4, 0.5) is 5.69 Å². The largest absolute Gasteiger partial charge is 0.422 e. The molecular weight excluding hydrogens is 454 g/mol. The number of nitrogens with one attached hydrogen (secondary N) is 1. The van der Waals surface area contributed by atoms with Gasteiger partial charge < -0.3 is 4.74 Å². The van der Waals surface area contributed by atoms with Gasteiger partial charge in [-0.15, -0.1) is 0 Å². The molecule has 1 amide bonds. The number of benzene rings is 3. The number of hydrazone groups is 1. The molecule has 0 atom stereocenters. The van der Waals surface area contributed by atoms with E-state index in [9.17, 15) is 19.7 Å². The molecule has 1 N–H and O–H groups in total. The molecule has 150 valence electrons. The number of nitrogens with zero attached hydrogens (tertiary/aromatic N) is 2. The molecule has 30 heavy (non-hydrogen) atoms. The highest BCUT2D eigenvalue weighted by Crippen LogP contribution is 2.23. The zero-order valence-corrected chi connectivity index (χ0v) is 16.9. The first-order valence-corrected chi connectivity index (χ1v) is 9.38. The Bertz CT molecular complexity index is 1130. The lowest BCUT2D eigenvalue weighted by molar-refractivity contribution is -0.384. The summed E-state index contributed by atoms with van der Waals surface area (Å²) in [5, 5.41) is 14.7. The Morgan fingerprint density at radius 2 is 1.73 bits per heavy atom. The standard InChI is InChI=1S/C21H14BrN3O5/c22-17-9-10-19(30-21(27)14-5-2-1-3-6-14)16(11-17)13-23-24-20(26)15-7-4-8-18(12-15)25(28)29/h1-13H,(H,24,26)/b23-13-. The van der Waals surface area contributed by atoms with E-state index in [1.54, 1.807) is 48.5 Å². The van der Waals surface area contributed by atoms with Crippen molar-refractivity contribution in [2.24, 2.45) is 5.10 Å². The number of nitro groups is 1. The summed E-state index contributed by atoms with van der Waals surface area (Å²) in [6, 6.07) is 18.7. The monoisotopic (exact) mass is 467 g/mol. The lowest BCUT2D eigenvalue weighted by Crippen LogP contribution is -2.18. The van der Waals surface area contributed by atoms with Crippen molar-refractivity contribution in [1.82, 2.24) is 5.43 Å². The van der Waals surface area contributed by atoms with Gasteiger partial charge in [-0.05, 0) is 36.4 Å². The first-order valence-electron chi connectivity index (χ1n) is 8.58. The van der Waals surface area contributed by atoms with Crippen LogP contribution in [0.25, 0.3) is 0 Å². The van der Waals surface area contributed by atoms with E-state index in [2.05, 4.69) is 26.5 Å². The first kappa shape index (κ1) is 20.9. The number of nitro benzene ring substituents is 1. The molecule has 3 aromatic carbocycles. The van der Waals surface area contributed by atoms with Gasteiger partial charge in [0.2, 0.25) is 0 Å². The summed E-state index contributed by atoms with van der Waals surface area (Å²) < 4.78 is 6.15. The number of ether oxygens (including phenoxy) is 1. The number of rotatable bonds is 6. The maximum atomic E-state index is 12.3. The average Bonchev–Trinajstić information content (AvgIpc) is 2.76. The quantitative estimate of drug-likeness (QED) is 0.190. The smallest absolute Gasteiger partial charge is 0.343 e. The van der Waals surface area contributed by atoms with Crippen LogP contribution in [-0.2, 0) is 0 Å². The van der Waals surface area contributed by atoms with Crippen molar-refractivity contribution in [3.8, 4) is 5.75 Å². The maximum absolute atomic E-state index is 12.3. The maximum Gasteiger partial charge on any atom is 0.343 e. The minimum absolute atomic E-state index is 0.0892. The van der Waals surface area contributed by atoms with Crippen LogP contribution in [-0.4, -0.2) is 23.0 Å². The van der Waals surface area contributed by atoms with E-state index < -0.39 is 16.8 Å². The van der Waals surface area contributed by atoms with Gasteiger partial charge in [0.05, 0.1) is 16.7 Å². The fourth-order valence-corrected chi connectivity index (χ4v) is 2.81. The fraction of sp³-hybridized carbons (Fsp3) is 0. The molecule has 0 aromatic heterocycles. The molecule has 0 radical (unpaired) electrons.